The average molecular weight is 355 g/mol. The van der Waals surface area contributed by atoms with Crippen molar-refractivity contribution in [2.24, 2.45) is 4.99 Å². The Morgan fingerprint density at radius 3 is 2.69 bits per heavy atom. The van der Waals surface area contributed by atoms with Crippen LogP contribution in [0.25, 0.3) is 0 Å². The lowest BCUT2D eigenvalue weighted by molar-refractivity contribution is -0.114. The molecule has 1 atom stereocenters. The molecule has 7 heteroatoms. The fourth-order valence-electron chi connectivity index (χ4n) is 2.30. The smallest absolute Gasteiger partial charge is 0.246 e. The summed E-state index contributed by atoms with van der Waals surface area (Å²) in [6.07, 6.45) is 3.22. The third kappa shape index (κ3) is 6.90. The summed E-state index contributed by atoms with van der Waals surface area (Å²) in [6, 6.07) is 13.0. The lowest BCUT2D eigenvalue weighted by Gasteiger charge is -2.14. The van der Waals surface area contributed by atoms with Gasteiger partial charge in [0.05, 0.1) is 18.0 Å². The molecule has 0 radical (unpaired) electrons. The number of hydrogen-bond acceptors (Lipinski definition) is 4. The largest absolute Gasteiger partial charge is 0.388 e. The first-order chi connectivity index (χ1) is 12.7. The number of nitrogens with zero attached hydrogens (tertiary/aromatic N) is 2. The summed E-state index contributed by atoms with van der Waals surface area (Å²) in [7, 11) is 0. The first-order valence-electron chi connectivity index (χ1n) is 8.64. The first kappa shape index (κ1) is 19.4. The van der Waals surface area contributed by atoms with Crippen LogP contribution in [0.3, 0.4) is 0 Å². The molecular formula is C19H25N5O2. The Bertz CT molecular complexity index is 692. The van der Waals surface area contributed by atoms with E-state index in [1.54, 1.807) is 24.5 Å². The summed E-state index contributed by atoms with van der Waals surface area (Å²) >= 11 is 0. The minimum Gasteiger partial charge on any atom is -0.388 e. The van der Waals surface area contributed by atoms with E-state index in [-0.39, 0.29) is 12.5 Å². The van der Waals surface area contributed by atoms with Crippen LogP contribution in [0.4, 0.5) is 5.69 Å². The van der Waals surface area contributed by atoms with Gasteiger partial charge in [0.2, 0.25) is 5.91 Å². The molecule has 1 unspecified atom stereocenters. The minimum absolute atomic E-state index is 0.00847. The Morgan fingerprint density at radius 1 is 1.19 bits per heavy atom. The number of aromatic nitrogens is 1. The highest BCUT2D eigenvalue weighted by Crippen LogP contribution is 2.14. The molecule has 0 spiro atoms. The van der Waals surface area contributed by atoms with Crippen LogP contribution in [0.5, 0.6) is 0 Å². The van der Waals surface area contributed by atoms with Crippen molar-refractivity contribution < 1.29 is 9.90 Å². The van der Waals surface area contributed by atoms with Crippen molar-refractivity contribution in [2.75, 3.05) is 25.0 Å². The number of benzene rings is 1. The number of aliphatic hydroxyl groups is 1. The number of guanidine groups is 1. The quantitative estimate of drug-likeness (QED) is 0.427. The highest BCUT2D eigenvalue weighted by atomic mass is 16.3. The summed E-state index contributed by atoms with van der Waals surface area (Å²) in [4.78, 5) is 20.2. The molecule has 2 aromatic rings. The Labute approximate surface area is 153 Å². The van der Waals surface area contributed by atoms with Gasteiger partial charge < -0.3 is 21.1 Å². The van der Waals surface area contributed by atoms with Gasteiger partial charge in [0.1, 0.15) is 6.54 Å². The summed E-state index contributed by atoms with van der Waals surface area (Å²) in [5, 5.41) is 19.1. The van der Waals surface area contributed by atoms with E-state index in [9.17, 15) is 9.90 Å². The fraction of sp³-hybridized carbons (Fsp3) is 0.316. The van der Waals surface area contributed by atoms with Gasteiger partial charge in [0.15, 0.2) is 5.96 Å². The normalized spacial score (nSPS) is 12.3. The highest BCUT2D eigenvalue weighted by Gasteiger charge is 2.07. The molecule has 0 saturated heterocycles. The molecule has 1 heterocycles. The van der Waals surface area contributed by atoms with Gasteiger partial charge >= 0.3 is 0 Å². The summed E-state index contributed by atoms with van der Waals surface area (Å²) in [5.41, 5.74) is 1.52. The molecule has 0 bridgehead atoms. The number of rotatable bonds is 8. The molecular weight excluding hydrogens is 330 g/mol. The maximum Gasteiger partial charge on any atom is 0.246 e. The van der Waals surface area contributed by atoms with Gasteiger partial charge in [-0.3, -0.25) is 9.78 Å². The zero-order valence-electron chi connectivity index (χ0n) is 14.9. The lowest BCUT2D eigenvalue weighted by atomic mass is 10.1. The second kappa shape index (κ2) is 10.8. The second-order valence-corrected chi connectivity index (χ2v) is 5.63. The number of anilines is 1. The van der Waals surface area contributed by atoms with E-state index in [2.05, 4.69) is 25.9 Å². The molecule has 0 saturated carbocycles. The van der Waals surface area contributed by atoms with Gasteiger partial charge in [-0.15, -0.1) is 0 Å². The number of carbonyl (C=O) groups excluding carboxylic acids is 1. The minimum atomic E-state index is -0.541. The number of hydrogen-bond donors (Lipinski definition) is 4. The standard InChI is InChI=1S/C19H25N5O2/c1-2-21-19(22-12-10-17(25)15-7-4-3-5-8-15)23-14-18(26)24-16-9-6-11-20-13-16/h3-9,11,13,17,25H,2,10,12,14H2,1H3,(H,24,26)(H2,21,22,23). The zero-order chi connectivity index (χ0) is 18.6. The maximum atomic E-state index is 11.9. The van der Waals surface area contributed by atoms with E-state index in [4.69, 9.17) is 0 Å². The van der Waals surface area contributed by atoms with Crippen molar-refractivity contribution in [2.45, 2.75) is 19.4 Å². The number of pyridine rings is 1. The molecule has 1 aromatic heterocycles. The van der Waals surface area contributed by atoms with Crippen LogP contribution in [0.2, 0.25) is 0 Å². The Balaban J connectivity index is 1.79. The second-order valence-electron chi connectivity index (χ2n) is 5.63. The monoisotopic (exact) mass is 355 g/mol. The zero-order valence-corrected chi connectivity index (χ0v) is 14.9. The molecule has 0 aliphatic heterocycles. The molecule has 0 fully saturated rings. The van der Waals surface area contributed by atoms with Crippen LogP contribution in [0.1, 0.15) is 25.0 Å². The van der Waals surface area contributed by atoms with E-state index in [1.165, 1.54) is 0 Å². The van der Waals surface area contributed by atoms with Crippen molar-refractivity contribution in [3.63, 3.8) is 0 Å². The molecule has 1 amide bonds. The number of nitrogens with one attached hydrogen (secondary N) is 3. The van der Waals surface area contributed by atoms with E-state index in [0.717, 1.165) is 5.56 Å². The third-order valence-electron chi connectivity index (χ3n) is 3.56. The van der Waals surface area contributed by atoms with Crippen molar-refractivity contribution >= 4 is 17.6 Å². The Hall–Kier alpha value is -2.93. The van der Waals surface area contributed by atoms with Crippen molar-refractivity contribution in [1.29, 1.82) is 0 Å². The van der Waals surface area contributed by atoms with Gasteiger partial charge in [0, 0.05) is 19.3 Å². The SMILES string of the molecule is CCNC(=NCC(=O)Nc1cccnc1)NCCC(O)c1ccccc1. The summed E-state index contributed by atoms with van der Waals surface area (Å²) in [6.45, 7) is 3.15. The topological polar surface area (TPSA) is 98.6 Å². The maximum absolute atomic E-state index is 11.9. The van der Waals surface area contributed by atoms with Crippen molar-refractivity contribution in [1.82, 2.24) is 15.6 Å². The van der Waals surface area contributed by atoms with E-state index in [0.29, 0.717) is 31.2 Å². The molecule has 2 rings (SSSR count). The van der Waals surface area contributed by atoms with Gasteiger partial charge in [-0.2, -0.15) is 0 Å². The van der Waals surface area contributed by atoms with Gasteiger partial charge in [-0.1, -0.05) is 30.3 Å². The van der Waals surface area contributed by atoms with Crippen LogP contribution >= 0.6 is 0 Å². The predicted octanol–water partition coefficient (Wildman–Crippen LogP) is 1.70. The molecule has 0 aliphatic rings. The predicted molar refractivity (Wildman–Crippen MR) is 103 cm³/mol. The Kier molecular flexibility index (Phi) is 8.08. The molecule has 1 aromatic carbocycles. The highest BCUT2D eigenvalue weighted by molar-refractivity contribution is 5.93. The van der Waals surface area contributed by atoms with Crippen LogP contribution in [-0.4, -0.2) is 41.6 Å². The van der Waals surface area contributed by atoms with Gasteiger partial charge in [0.25, 0.3) is 0 Å². The number of aliphatic hydroxyl groups excluding tert-OH is 1. The molecule has 138 valence electrons. The molecule has 0 aliphatic carbocycles. The van der Waals surface area contributed by atoms with E-state index in [1.807, 2.05) is 37.3 Å². The third-order valence-corrected chi connectivity index (χ3v) is 3.56. The molecule has 7 nitrogen and oxygen atoms in total. The number of carbonyl (C=O) groups is 1. The summed E-state index contributed by atoms with van der Waals surface area (Å²) < 4.78 is 0. The van der Waals surface area contributed by atoms with Crippen LogP contribution < -0.4 is 16.0 Å². The van der Waals surface area contributed by atoms with E-state index < -0.39 is 6.10 Å². The van der Waals surface area contributed by atoms with Crippen LogP contribution in [0, 0.1) is 0 Å². The van der Waals surface area contributed by atoms with Gasteiger partial charge in [-0.25, -0.2) is 4.99 Å². The lowest BCUT2D eigenvalue weighted by Crippen LogP contribution is -2.38. The Morgan fingerprint density at radius 2 is 2.00 bits per heavy atom. The van der Waals surface area contributed by atoms with Crippen molar-refractivity contribution in [3.8, 4) is 0 Å². The molecule has 26 heavy (non-hydrogen) atoms. The molecule has 4 N–H and O–H groups in total. The first-order valence-corrected chi connectivity index (χ1v) is 8.64. The number of amides is 1. The van der Waals surface area contributed by atoms with Gasteiger partial charge in [-0.05, 0) is 31.0 Å². The van der Waals surface area contributed by atoms with Crippen LogP contribution in [0.15, 0.2) is 59.9 Å². The fourth-order valence-corrected chi connectivity index (χ4v) is 2.30. The average Bonchev–Trinajstić information content (AvgIpc) is 2.67. The number of aliphatic imine (C=N–C) groups is 1. The van der Waals surface area contributed by atoms with Crippen molar-refractivity contribution in [3.05, 3.63) is 60.4 Å². The summed E-state index contributed by atoms with van der Waals surface area (Å²) in [5.74, 6) is 0.314. The van der Waals surface area contributed by atoms with Crippen LogP contribution in [-0.2, 0) is 4.79 Å². The van der Waals surface area contributed by atoms with E-state index >= 15 is 0 Å².